The van der Waals surface area contributed by atoms with Crippen LogP contribution in [0.15, 0.2) is 48.5 Å². The molecule has 2 aromatic carbocycles. The van der Waals surface area contributed by atoms with Crippen molar-refractivity contribution in [2.45, 2.75) is 6.92 Å². The van der Waals surface area contributed by atoms with Gasteiger partial charge < -0.3 is 15.4 Å². The molecule has 0 fully saturated rings. The summed E-state index contributed by atoms with van der Waals surface area (Å²) in [4.78, 5) is 23.6. The first-order chi connectivity index (χ1) is 10.6. The van der Waals surface area contributed by atoms with Gasteiger partial charge in [0.1, 0.15) is 5.75 Å². The highest BCUT2D eigenvalue weighted by molar-refractivity contribution is 6.43. The Labute approximate surface area is 133 Å². The molecule has 2 aromatic rings. The molecule has 2 N–H and O–H groups in total. The molecule has 114 valence electrons. The van der Waals surface area contributed by atoms with Crippen LogP contribution in [0.3, 0.4) is 0 Å². The van der Waals surface area contributed by atoms with Crippen molar-refractivity contribution < 1.29 is 14.3 Å². The highest BCUT2D eigenvalue weighted by Gasteiger charge is 2.14. The first-order valence-corrected chi connectivity index (χ1v) is 7.07. The summed E-state index contributed by atoms with van der Waals surface area (Å²) in [6.07, 6.45) is 0. The molecule has 22 heavy (non-hydrogen) atoms. The van der Waals surface area contributed by atoms with Crippen LogP contribution in [0.2, 0.25) is 5.02 Å². The van der Waals surface area contributed by atoms with E-state index in [0.29, 0.717) is 28.8 Å². The lowest BCUT2D eigenvalue weighted by atomic mass is 10.3. The van der Waals surface area contributed by atoms with Gasteiger partial charge in [0.2, 0.25) is 0 Å². The molecule has 0 radical (unpaired) electrons. The maximum absolute atomic E-state index is 11.8. The van der Waals surface area contributed by atoms with Gasteiger partial charge in [-0.1, -0.05) is 11.6 Å². The van der Waals surface area contributed by atoms with Crippen molar-refractivity contribution in [3.05, 3.63) is 53.6 Å². The van der Waals surface area contributed by atoms with Crippen molar-refractivity contribution in [3.63, 3.8) is 0 Å². The molecule has 0 aliphatic rings. The van der Waals surface area contributed by atoms with Gasteiger partial charge in [-0.05, 0) is 55.5 Å². The van der Waals surface area contributed by atoms with Crippen molar-refractivity contribution in [3.8, 4) is 5.75 Å². The smallest absolute Gasteiger partial charge is 0.314 e. The van der Waals surface area contributed by atoms with Gasteiger partial charge in [0.25, 0.3) is 0 Å². The minimum atomic E-state index is -0.754. The average Bonchev–Trinajstić information content (AvgIpc) is 2.51. The van der Waals surface area contributed by atoms with Gasteiger partial charge >= 0.3 is 11.8 Å². The fourth-order valence-corrected chi connectivity index (χ4v) is 1.84. The van der Waals surface area contributed by atoms with Crippen molar-refractivity contribution in [1.29, 1.82) is 0 Å². The van der Waals surface area contributed by atoms with E-state index in [-0.39, 0.29) is 0 Å². The lowest BCUT2D eigenvalue weighted by Gasteiger charge is -2.08. The predicted molar refractivity (Wildman–Crippen MR) is 86.3 cm³/mol. The number of nitrogens with one attached hydrogen (secondary N) is 2. The van der Waals surface area contributed by atoms with E-state index in [9.17, 15) is 9.59 Å². The number of rotatable bonds is 4. The normalized spacial score (nSPS) is 9.91. The lowest BCUT2D eigenvalue weighted by molar-refractivity contribution is -0.132. The Bertz CT molecular complexity index is 654. The van der Waals surface area contributed by atoms with E-state index in [0.717, 1.165) is 0 Å². The fourth-order valence-electron chi connectivity index (χ4n) is 1.71. The molecule has 5 nitrogen and oxygen atoms in total. The second-order valence-electron chi connectivity index (χ2n) is 4.37. The molecule has 0 spiro atoms. The average molecular weight is 319 g/mol. The highest BCUT2D eigenvalue weighted by atomic mass is 35.5. The standard InChI is InChI=1S/C16H15ClN2O3/c1-2-22-14-9-7-13(8-10-14)19-16(21)15(20)18-12-5-3-11(17)4-6-12/h3-10H,2H2,1H3,(H,18,20)(H,19,21). The van der Waals surface area contributed by atoms with Gasteiger partial charge in [-0.15, -0.1) is 0 Å². The number of carbonyl (C=O) groups excluding carboxylic acids is 2. The summed E-state index contributed by atoms with van der Waals surface area (Å²) in [5, 5.41) is 5.55. The topological polar surface area (TPSA) is 67.4 Å². The number of anilines is 2. The van der Waals surface area contributed by atoms with E-state index < -0.39 is 11.8 Å². The Hall–Kier alpha value is -2.53. The molecule has 0 aliphatic carbocycles. The Kier molecular flexibility index (Phi) is 5.38. The molecular weight excluding hydrogens is 304 g/mol. The predicted octanol–water partition coefficient (Wildman–Crippen LogP) is 3.32. The zero-order chi connectivity index (χ0) is 15.9. The highest BCUT2D eigenvalue weighted by Crippen LogP contribution is 2.16. The second kappa shape index (κ2) is 7.47. The zero-order valence-corrected chi connectivity index (χ0v) is 12.7. The Morgan fingerprint density at radius 2 is 1.36 bits per heavy atom. The Balaban J connectivity index is 1.93. The van der Waals surface area contributed by atoms with E-state index in [4.69, 9.17) is 16.3 Å². The third-order valence-corrected chi connectivity index (χ3v) is 2.98. The zero-order valence-electron chi connectivity index (χ0n) is 11.9. The molecule has 0 bridgehead atoms. The van der Waals surface area contributed by atoms with Crippen LogP contribution in [0.4, 0.5) is 11.4 Å². The van der Waals surface area contributed by atoms with Gasteiger partial charge in [-0.25, -0.2) is 0 Å². The quantitative estimate of drug-likeness (QED) is 0.850. The molecule has 6 heteroatoms. The van der Waals surface area contributed by atoms with Crippen molar-refractivity contribution in [2.24, 2.45) is 0 Å². The molecule has 0 atom stereocenters. The van der Waals surface area contributed by atoms with Crippen LogP contribution in [0, 0.1) is 0 Å². The maximum Gasteiger partial charge on any atom is 0.314 e. The minimum Gasteiger partial charge on any atom is -0.494 e. The van der Waals surface area contributed by atoms with E-state index >= 15 is 0 Å². The first kappa shape index (κ1) is 15.9. The monoisotopic (exact) mass is 318 g/mol. The fraction of sp³-hybridized carbons (Fsp3) is 0.125. The van der Waals surface area contributed by atoms with Crippen LogP contribution in [-0.2, 0) is 9.59 Å². The molecule has 2 rings (SSSR count). The summed E-state index contributed by atoms with van der Waals surface area (Å²) in [7, 11) is 0. The number of benzene rings is 2. The molecule has 0 aliphatic heterocycles. The summed E-state index contributed by atoms with van der Waals surface area (Å²) >= 11 is 5.75. The molecule has 0 saturated carbocycles. The van der Waals surface area contributed by atoms with Crippen LogP contribution in [0.5, 0.6) is 5.75 Å². The largest absolute Gasteiger partial charge is 0.494 e. The van der Waals surface area contributed by atoms with Crippen LogP contribution in [0.25, 0.3) is 0 Å². The molecule has 2 amide bonds. The molecule has 0 heterocycles. The van der Waals surface area contributed by atoms with Gasteiger partial charge in [-0.2, -0.15) is 0 Å². The molecule has 0 unspecified atom stereocenters. The number of amides is 2. The molecule has 0 aromatic heterocycles. The molecular formula is C16H15ClN2O3. The summed E-state index contributed by atoms with van der Waals surface area (Å²) < 4.78 is 5.30. The number of hydrogen-bond acceptors (Lipinski definition) is 3. The maximum atomic E-state index is 11.8. The second-order valence-corrected chi connectivity index (χ2v) is 4.81. The Morgan fingerprint density at radius 1 is 0.909 bits per heavy atom. The van der Waals surface area contributed by atoms with Crippen molar-refractivity contribution >= 4 is 34.8 Å². The lowest BCUT2D eigenvalue weighted by Crippen LogP contribution is -2.29. The minimum absolute atomic E-state index is 0.497. The summed E-state index contributed by atoms with van der Waals surface area (Å²) in [6, 6.07) is 13.3. The third-order valence-electron chi connectivity index (χ3n) is 2.73. The van der Waals surface area contributed by atoms with Gasteiger partial charge in [0.05, 0.1) is 6.61 Å². The molecule has 0 saturated heterocycles. The van der Waals surface area contributed by atoms with Gasteiger partial charge in [0, 0.05) is 16.4 Å². The van der Waals surface area contributed by atoms with Gasteiger partial charge in [0.15, 0.2) is 0 Å². The van der Waals surface area contributed by atoms with E-state index in [2.05, 4.69) is 10.6 Å². The van der Waals surface area contributed by atoms with Gasteiger partial charge in [-0.3, -0.25) is 9.59 Å². The number of halogens is 1. The van der Waals surface area contributed by atoms with E-state index in [1.807, 2.05) is 6.92 Å². The Morgan fingerprint density at radius 3 is 1.82 bits per heavy atom. The summed E-state index contributed by atoms with van der Waals surface area (Å²) in [6.45, 7) is 2.45. The van der Waals surface area contributed by atoms with Crippen molar-refractivity contribution in [1.82, 2.24) is 0 Å². The van der Waals surface area contributed by atoms with Crippen LogP contribution >= 0.6 is 11.6 Å². The van der Waals surface area contributed by atoms with E-state index in [1.54, 1.807) is 48.5 Å². The van der Waals surface area contributed by atoms with Crippen molar-refractivity contribution in [2.75, 3.05) is 17.2 Å². The third kappa shape index (κ3) is 4.49. The summed E-state index contributed by atoms with van der Waals surface area (Å²) in [5.41, 5.74) is 1.01. The van der Waals surface area contributed by atoms with Crippen LogP contribution < -0.4 is 15.4 Å². The number of hydrogen-bond donors (Lipinski definition) is 2. The SMILES string of the molecule is CCOc1ccc(NC(=O)C(=O)Nc2ccc(Cl)cc2)cc1. The van der Waals surface area contributed by atoms with Crippen LogP contribution in [0.1, 0.15) is 6.92 Å². The first-order valence-electron chi connectivity index (χ1n) is 6.69. The number of carbonyl (C=O) groups is 2. The number of ether oxygens (including phenoxy) is 1. The summed E-state index contributed by atoms with van der Waals surface area (Å²) in [5.74, 6) is -0.804. The van der Waals surface area contributed by atoms with E-state index in [1.165, 1.54) is 0 Å². The van der Waals surface area contributed by atoms with Crippen LogP contribution in [-0.4, -0.2) is 18.4 Å².